The molecule has 1 rings (SSSR count). The first kappa shape index (κ1) is 7.17. The number of rotatable bonds is 2. The van der Waals surface area contributed by atoms with Crippen molar-refractivity contribution in [2.24, 2.45) is 0 Å². The lowest BCUT2D eigenvalue weighted by Crippen LogP contribution is -1.71. The number of benzene rings is 1. The van der Waals surface area contributed by atoms with Gasteiger partial charge < -0.3 is 0 Å². The molecule has 0 bridgehead atoms. The zero-order valence-electron chi connectivity index (χ0n) is 5.45. The molecule has 1 aromatic carbocycles. The van der Waals surface area contributed by atoms with E-state index in [0.717, 1.165) is 4.90 Å². The first-order chi connectivity index (χ1) is 4.93. The summed E-state index contributed by atoms with van der Waals surface area (Å²) in [6, 6.07) is 12.0. The number of nitriles is 1. The zero-order valence-corrected chi connectivity index (χ0v) is 6.27. The average molecular weight is 149 g/mol. The van der Waals surface area contributed by atoms with Crippen molar-refractivity contribution in [3.63, 3.8) is 0 Å². The lowest BCUT2D eigenvalue weighted by atomic mass is 10.4. The molecule has 1 aromatic rings. The summed E-state index contributed by atoms with van der Waals surface area (Å²) in [6.07, 6.45) is 0. The fraction of sp³-hybridized carbons (Fsp3) is 0.125. The summed E-state index contributed by atoms with van der Waals surface area (Å²) in [5.74, 6) is 0.532. The molecule has 0 aliphatic carbocycles. The molecule has 0 heterocycles. The molecule has 0 aliphatic rings. The largest absolute Gasteiger partial charge is 0.197 e. The number of hydrogen-bond acceptors (Lipinski definition) is 2. The van der Waals surface area contributed by atoms with Gasteiger partial charge in [-0.2, -0.15) is 5.26 Å². The van der Waals surface area contributed by atoms with Gasteiger partial charge >= 0.3 is 0 Å². The van der Waals surface area contributed by atoms with Crippen LogP contribution in [0.25, 0.3) is 0 Å². The van der Waals surface area contributed by atoms with Gasteiger partial charge in [0.15, 0.2) is 0 Å². The van der Waals surface area contributed by atoms with Gasteiger partial charge in [0, 0.05) is 4.90 Å². The van der Waals surface area contributed by atoms with Crippen LogP contribution in [0.15, 0.2) is 35.2 Å². The smallest absolute Gasteiger partial charge is 0.0855 e. The van der Waals surface area contributed by atoms with E-state index in [9.17, 15) is 0 Å². The first-order valence-corrected chi connectivity index (χ1v) is 3.97. The van der Waals surface area contributed by atoms with Gasteiger partial charge in [-0.05, 0) is 12.1 Å². The second kappa shape index (κ2) is 3.97. The van der Waals surface area contributed by atoms with Gasteiger partial charge in [-0.15, -0.1) is 11.8 Å². The molecular weight excluding hydrogens is 142 g/mol. The molecule has 0 saturated heterocycles. The van der Waals surface area contributed by atoms with Crippen LogP contribution in [0.4, 0.5) is 0 Å². The SMILES string of the molecule is N#CCSc1ccccc1. The quantitative estimate of drug-likeness (QED) is 0.602. The minimum absolute atomic E-state index is 0.532. The van der Waals surface area contributed by atoms with Crippen LogP contribution >= 0.6 is 11.8 Å². The Hall–Kier alpha value is -0.940. The predicted octanol–water partition coefficient (Wildman–Crippen LogP) is 2.30. The van der Waals surface area contributed by atoms with Crippen LogP contribution in [0.2, 0.25) is 0 Å². The molecule has 0 N–H and O–H groups in total. The summed E-state index contributed by atoms with van der Waals surface area (Å²) in [7, 11) is 0. The maximum atomic E-state index is 8.26. The molecule has 0 amide bonds. The third kappa shape index (κ3) is 2.12. The van der Waals surface area contributed by atoms with Gasteiger partial charge in [-0.3, -0.25) is 0 Å². The van der Waals surface area contributed by atoms with Crippen molar-refractivity contribution in [1.82, 2.24) is 0 Å². The normalized spacial score (nSPS) is 8.70. The van der Waals surface area contributed by atoms with E-state index in [1.807, 2.05) is 30.3 Å². The zero-order chi connectivity index (χ0) is 7.23. The Morgan fingerprint density at radius 3 is 2.60 bits per heavy atom. The topological polar surface area (TPSA) is 23.8 Å². The third-order valence-electron chi connectivity index (χ3n) is 1.05. The molecule has 0 radical (unpaired) electrons. The Balaban J connectivity index is 2.52. The molecule has 0 spiro atoms. The van der Waals surface area contributed by atoms with Gasteiger partial charge in [-0.1, -0.05) is 18.2 Å². The second-order valence-electron chi connectivity index (χ2n) is 1.76. The van der Waals surface area contributed by atoms with E-state index >= 15 is 0 Å². The van der Waals surface area contributed by atoms with Gasteiger partial charge in [0.05, 0.1) is 11.8 Å². The molecule has 0 aliphatic heterocycles. The second-order valence-corrected chi connectivity index (χ2v) is 2.81. The number of nitrogens with zero attached hydrogens (tertiary/aromatic N) is 1. The van der Waals surface area contributed by atoms with Crippen LogP contribution in [0.1, 0.15) is 0 Å². The lowest BCUT2D eigenvalue weighted by Gasteiger charge is -1.92. The lowest BCUT2D eigenvalue weighted by molar-refractivity contribution is 1.45. The summed E-state index contributed by atoms with van der Waals surface area (Å²) < 4.78 is 0. The highest BCUT2D eigenvalue weighted by Crippen LogP contribution is 2.15. The Labute approximate surface area is 64.7 Å². The molecule has 0 saturated carbocycles. The average Bonchev–Trinajstić information content (AvgIpc) is 2.03. The Kier molecular flexibility index (Phi) is 2.85. The summed E-state index contributed by atoms with van der Waals surface area (Å²) in [4.78, 5) is 1.16. The van der Waals surface area contributed by atoms with Gasteiger partial charge in [0.2, 0.25) is 0 Å². The van der Waals surface area contributed by atoms with Crippen molar-refractivity contribution in [1.29, 1.82) is 5.26 Å². The van der Waals surface area contributed by atoms with E-state index in [1.54, 1.807) is 11.8 Å². The molecular formula is C8H7NS. The Morgan fingerprint density at radius 2 is 2.00 bits per heavy atom. The molecule has 0 unspecified atom stereocenters. The number of thioether (sulfide) groups is 1. The van der Waals surface area contributed by atoms with Crippen molar-refractivity contribution >= 4 is 11.8 Å². The predicted molar refractivity (Wildman–Crippen MR) is 42.8 cm³/mol. The Bertz CT molecular complexity index is 225. The van der Waals surface area contributed by atoms with Crippen molar-refractivity contribution < 1.29 is 0 Å². The van der Waals surface area contributed by atoms with Gasteiger partial charge in [0.1, 0.15) is 0 Å². The van der Waals surface area contributed by atoms with E-state index in [2.05, 4.69) is 6.07 Å². The minimum Gasteiger partial charge on any atom is -0.197 e. The van der Waals surface area contributed by atoms with Crippen molar-refractivity contribution in [3.8, 4) is 6.07 Å². The molecule has 0 aromatic heterocycles. The fourth-order valence-corrected chi connectivity index (χ4v) is 1.21. The third-order valence-corrected chi connectivity index (χ3v) is 1.93. The Morgan fingerprint density at radius 1 is 1.30 bits per heavy atom. The molecule has 50 valence electrons. The van der Waals surface area contributed by atoms with Crippen LogP contribution in [-0.2, 0) is 0 Å². The van der Waals surface area contributed by atoms with Crippen molar-refractivity contribution in [2.45, 2.75) is 4.90 Å². The molecule has 0 fully saturated rings. The summed E-state index contributed by atoms with van der Waals surface area (Å²) in [5.41, 5.74) is 0. The van der Waals surface area contributed by atoms with Crippen LogP contribution in [0, 0.1) is 11.3 Å². The van der Waals surface area contributed by atoms with Crippen molar-refractivity contribution in [3.05, 3.63) is 30.3 Å². The fourth-order valence-electron chi connectivity index (χ4n) is 0.632. The van der Waals surface area contributed by atoms with E-state index in [4.69, 9.17) is 5.26 Å². The highest BCUT2D eigenvalue weighted by atomic mass is 32.2. The maximum Gasteiger partial charge on any atom is 0.0855 e. The van der Waals surface area contributed by atoms with E-state index in [1.165, 1.54) is 0 Å². The summed E-state index contributed by atoms with van der Waals surface area (Å²) >= 11 is 1.56. The maximum absolute atomic E-state index is 8.26. The highest BCUT2D eigenvalue weighted by Gasteiger charge is 1.87. The van der Waals surface area contributed by atoms with Crippen LogP contribution < -0.4 is 0 Å². The summed E-state index contributed by atoms with van der Waals surface area (Å²) in [5, 5.41) is 8.26. The molecule has 0 atom stereocenters. The summed E-state index contributed by atoms with van der Waals surface area (Å²) in [6.45, 7) is 0. The first-order valence-electron chi connectivity index (χ1n) is 2.98. The standard InChI is InChI=1S/C8H7NS/c9-6-7-10-8-4-2-1-3-5-8/h1-5H,7H2. The van der Waals surface area contributed by atoms with Crippen LogP contribution in [-0.4, -0.2) is 5.75 Å². The van der Waals surface area contributed by atoms with E-state index in [0.29, 0.717) is 5.75 Å². The van der Waals surface area contributed by atoms with Gasteiger partial charge in [-0.25, -0.2) is 0 Å². The molecule has 10 heavy (non-hydrogen) atoms. The van der Waals surface area contributed by atoms with Crippen LogP contribution in [0.3, 0.4) is 0 Å². The molecule has 2 heteroatoms. The number of hydrogen-bond donors (Lipinski definition) is 0. The van der Waals surface area contributed by atoms with Crippen molar-refractivity contribution in [2.75, 3.05) is 5.75 Å². The van der Waals surface area contributed by atoms with E-state index < -0.39 is 0 Å². The van der Waals surface area contributed by atoms with Crippen LogP contribution in [0.5, 0.6) is 0 Å². The monoisotopic (exact) mass is 149 g/mol. The molecule has 1 nitrogen and oxygen atoms in total. The minimum atomic E-state index is 0.532. The van der Waals surface area contributed by atoms with Gasteiger partial charge in [0.25, 0.3) is 0 Å². The van der Waals surface area contributed by atoms with E-state index in [-0.39, 0.29) is 0 Å². The highest BCUT2D eigenvalue weighted by molar-refractivity contribution is 7.99.